The van der Waals surface area contributed by atoms with Crippen molar-refractivity contribution in [2.75, 3.05) is 11.9 Å². The number of fused-ring (bicyclic) bond motifs is 1. The molecule has 0 aliphatic heterocycles. The Balaban J connectivity index is 1.45. The number of nitrogens with zero attached hydrogens (tertiary/aromatic N) is 4. The number of anilines is 1. The van der Waals surface area contributed by atoms with Gasteiger partial charge in [0.2, 0.25) is 11.9 Å². The summed E-state index contributed by atoms with van der Waals surface area (Å²) in [6.45, 7) is 4.98. The third kappa shape index (κ3) is 5.25. The second-order valence-corrected chi connectivity index (χ2v) is 7.58. The standard InChI is InChI=1S/C24H26N6O/c1-17-14-18(2)28-24(27-17)29-21(15-19-8-4-3-5-9-19)23(31)25-12-13-30-16-26-20-10-6-7-11-22(20)30/h3-11,14,16,21H,12-13,15H2,1-2H3,(H,25,31)(H,27,28,29)/t21-/m1/s1. The third-order valence-corrected chi connectivity index (χ3v) is 5.06. The van der Waals surface area contributed by atoms with Crippen LogP contribution in [0.2, 0.25) is 0 Å². The molecule has 0 aliphatic carbocycles. The minimum Gasteiger partial charge on any atom is -0.353 e. The largest absolute Gasteiger partial charge is 0.353 e. The van der Waals surface area contributed by atoms with Crippen molar-refractivity contribution in [3.05, 3.63) is 83.9 Å². The fourth-order valence-corrected chi connectivity index (χ4v) is 3.62. The average Bonchev–Trinajstić information content (AvgIpc) is 3.16. The molecule has 0 aliphatic rings. The van der Waals surface area contributed by atoms with Gasteiger partial charge in [-0.15, -0.1) is 0 Å². The Hall–Kier alpha value is -3.74. The molecule has 2 heterocycles. The molecule has 7 heteroatoms. The summed E-state index contributed by atoms with van der Waals surface area (Å²) in [5.74, 6) is 0.380. The van der Waals surface area contributed by atoms with Gasteiger partial charge in [0.1, 0.15) is 6.04 Å². The predicted molar refractivity (Wildman–Crippen MR) is 122 cm³/mol. The highest BCUT2D eigenvalue weighted by Gasteiger charge is 2.20. The fourth-order valence-electron chi connectivity index (χ4n) is 3.62. The molecule has 0 saturated heterocycles. The van der Waals surface area contributed by atoms with Gasteiger partial charge in [-0.25, -0.2) is 15.0 Å². The van der Waals surface area contributed by atoms with Crippen LogP contribution < -0.4 is 10.6 Å². The summed E-state index contributed by atoms with van der Waals surface area (Å²) in [5, 5.41) is 6.28. The summed E-state index contributed by atoms with van der Waals surface area (Å²) >= 11 is 0. The maximum Gasteiger partial charge on any atom is 0.242 e. The fraction of sp³-hybridized carbons (Fsp3) is 0.250. The summed E-state index contributed by atoms with van der Waals surface area (Å²) in [6, 6.07) is 19.3. The molecular formula is C24H26N6O. The minimum atomic E-state index is -0.483. The number of hydrogen-bond donors (Lipinski definition) is 2. The first kappa shape index (κ1) is 20.5. The molecule has 0 spiro atoms. The van der Waals surface area contributed by atoms with Crippen LogP contribution in [0.15, 0.2) is 67.0 Å². The predicted octanol–water partition coefficient (Wildman–Crippen LogP) is 3.28. The molecule has 2 aromatic carbocycles. The number of carbonyl (C=O) groups is 1. The Labute approximate surface area is 181 Å². The van der Waals surface area contributed by atoms with Crippen molar-refractivity contribution in [2.24, 2.45) is 0 Å². The van der Waals surface area contributed by atoms with Crippen LogP contribution in [-0.2, 0) is 17.8 Å². The number of aryl methyl sites for hydroxylation is 2. The Morgan fingerprint density at radius 3 is 2.48 bits per heavy atom. The van der Waals surface area contributed by atoms with E-state index in [0.717, 1.165) is 28.0 Å². The number of benzene rings is 2. The third-order valence-electron chi connectivity index (χ3n) is 5.06. The monoisotopic (exact) mass is 414 g/mol. The maximum absolute atomic E-state index is 13.1. The van der Waals surface area contributed by atoms with Crippen LogP contribution in [-0.4, -0.2) is 38.0 Å². The van der Waals surface area contributed by atoms with E-state index >= 15 is 0 Å². The molecule has 1 atom stereocenters. The van der Waals surface area contributed by atoms with Crippen LogP contribution in [0.1, 0.15) is 17.0 Å². The first-order chi connectivity index (χ1) is 15.1. The van der Waals surface area contributed by atoms with Crippen molar-refractivity contribution in [2.45, 2.75) is 32.9 Å². The van der Waals surface area contributed by atoms with Crippen LogP contribution in [0.25, 0.3) is 11.0 Å². The van der Waals surface area contributed by atoms with E-state index in [-0.39, 0.29) is 5.91 Å². The molecule has 0 radical (unpaired) electrons. The molecule has 7 nitrogen and oxygen atoms in total. The van der Waals surface area contributed by atoms with E-state index in [4.69, 9.17) is 0 Å². The number of para-hydroxylation sites is 2. The Kier molecular flexibility index (Phi) is 6.21. The molecular weight excluding hydrogens is 388 g/mol. The topological polar surface area (TPSA) is 84.7 Å². The number of amides is 1. The number of nitrogens with one attached hydrogen (secondary N) is 2. The van der Waals surface area contributed by atoms with Crippen LogP contribution in [0.4, 0.5) is 5.95 Å². The molecule has 0 bridgehead atoms. The van der Waals surface area contributed by atoms with Gasteiger partial charge in [-0.2, -0.15) is 0 Å². The van der Waals surface area contributed by atoms with Crippen LogP contribution in [0.3, 0.4) is 0 Å². The van der Waals surface area contributed by atoms with Crippen molar-refractivity contribution in [3.8, 4) is 0 Å². The first-order valence-electron chi connectivity index (χ1n) is 10.4. The second-order valence-electron chi connectivity index (χ2n) is 7.58. The molecule has 2 N–H and O–H groups in total. The number of rotatable bonds is 8. The van der Waals surface area contributed by atoms with Crippen molar-refractivity contribution in [1.29, 1.82) is 0 Å². The van der Waals surface area contributed by atoms with Gasteiger partial charge in [0.25, 0.3) is 0 Å². The Morgan fingerprint density at radius 2 is 1.71 bits per heavy atom. The summed E-state index contributed by atoms with van der Waals surface area (Å²) in [5.41, 5.74) is 4.80. The summed E-state index contributed by atoms with van der Waals surface area (Å²) in [6.07, 6.45) is 2.34. The molecule has 158 valence electrons. The van der Waals surface area contributed by atoms with E-state index in [9.17, 15) is 4.79 Å². The van der Waals surface area contributed by atoms with E-state index < -0.39 is 6.04 Å². The number of aromatic nitrogens is 4. The molecule has 0 unspecified atom stereocenters. The maximum atomic E-state index is 13.1. The van der Waals surface area contributed by atoms with Crippen molar-refractivity contribution in [3.63, 3.8) is 0 Å². The van der Waals surface area contributed by atoms with Crippen LogP contribution in [0, 0.1) is 13.8 Å². The van der Waals surface area contributed by atoms with E-state index in [2.05, 4.69) is 25.6 Å². The van der Waals surface area contributed by atoms with E-state index in [1.807, 2.05) is 79.1 Å². The molecule has 4 rings (SSSR count). The Bertz CT molecular complexity index is 1150. The highest BCUT2D eigenvalue weighted by Crippen LogP contribution is 2.12. The zero-order chi connectivity index (χ0) is 21.6. The molecule has 0 saturated carbocycles. The summed E-state index contributed by atoms with van der Waals surface area (Å²) in [4.78, 5) is 26.3. The zero-order valence-corrected chi connectivity index (χ0v) is 17.7. The molecule has 2 aromatic heterocycles. The lowest BCUT2D eigenvalue weighted by Gasteiger charge is -2.19. The van der Waals surface area contributed by atoms with Gasteiger partial charge in [0.05, 0.1) is 17.4 Å². The molecule has 0 fully saturated rings. The molecule has 31 heavy (non-hydrogen) atoms. The normalized spacial score (nSPS) is 11.9. The highest BCUT2D eigenvalue weighted by molar-refractivity contribution is 5.84. The second kappa shape index (κ2) is 9.38. The van der Waals surface area contributed by atoms with Crippen molar-refractivity contribution < 1.29 is 4.79 Å². The number of carbonyl (C=O) groups excluding carboxylic acids is 1. The van der Waals surface area contributed by atoms with E-state index in [0.29, 0.717) is 25.5 Å². The van der Waals surface area contributed by atoms with Gasteiger partial charge in [0, 0.05) is 30.9 Å². The molecule has 1 amide bonds. The van der Waals surface area contributed by atoms with Gasteiger partial charge in [0.15, 0.2) is 0 Å². The molecule has 4 aromatic rings. The lowest BCUT2D eigenvalue weighted by Crippen LogP contribution is -2.42. The van der Waals surface area contributed by atoms with Crippen LogP contribution >= 0.6 is 0 Å². The van der Waals surface area contributed by atoms with Crippen molar-refractivity contribution >= 4 is 22.9 Å². The van der Waals surface area contributed by atoms with E-state index in [1.54, 1.807) is 6.33 Å². The zero-order valence-electron chi connectivity index (χ0n) is 17.7. The lowest BCUT2D eigenvalue weighted by molar-refractivity contribution is -0.121. The SMILES string of the molecule is Cc1cc(C)nc(N[C@H](Cc2ccccc2)C(=O)NCCn2cnc3ccccc32)n1. The first-order valence-corrected chi connectivity index (χ1v) is 10.4. The quantitative estimate of drug-likeness (QED) is 0.462. The van der Waals surface area contributed by atoms with Crippen LogP contribution in [0.5, 0.6) is 0 Å². The smallest absolute Gasteiger partial charge is 0.242 e. The highest BCUT2D eigenvalue weighted by atomic mass is 16.2. The van der Waals surface area contributed by atoms with E-state index in [1.165, 1.54) is 0 Å². The Morgan fingerprint density at radius 1 is 1.00 bits per heavy atom. The van der Waals surface area contributed by atoms with Gasteiger partial charge in [-0.3, -0.25) is 4.79 Å². The minimum absolute atomic E-state index is 0.0870. The summed E-state index contributed by atoms with van der Waals surface area (Å²) in [7, 11) is 0. The lowest BCUT2D eigenvalue weighted by atomic mass is 10.1. The number of imidazole rings is 1. The van der Waals surface area contributed by atoms with Gasteiger partial charge >= 0.3 is 0 Å². The number of hydrogen-bond acceptors (Lipinski definition) is 5. The van der Waals surface area contributed by atoms with Crippen molar-refractivity contribution in [1.82, 2.24) is 24.8 Å². The van der Waals surface area contributed by atoms with Gasteiger partial charge < -0.3 is 15.2 Å². The van der Waals surface area contributed by atoms with Gasteiger partial charge in [-0.05, 0) is 37.6 Å². The van der Waals surface area contributed by atoms with Gasteiger partial charge in [-0.1, -0.05) is 42.5 Å². The average molecular weight is 415 g/mol. The summed E-state index contributed by atoms with van der Waals surface area (Å²) < 4.78 is 2.04.